The van der Waals surface area contributed by atoms with Gasteiger partial charge in [0.05, 0.1) is 0 Å². The van der Waals surface area contributed by atoms with Gasteiger partial charge in [-0.3, -0.25) is 0 Å². The van der Waals surface area contributed by atoms with Gasteiger partial charge in [-0.1, -0.05) is 17.7 Å². The maximum absolute atomic E-state index is 5.89. The van der Waals surface area contributed by atoms with E-state index in [4.69, 9.17) is 17.3 Å². The summed E-state index contributed by atoms with van der Waals surface area (Å²) < 4.78 is 0. The van der Waals surface area contributed by atoms with E-state index in [1.807, 2.05) is 25.2 Å². The Labute approximate surface area is 71.4 Å². The van der Waals surface area contributed by atoms with Gasteiger partial charge in [-0.25, -0.2) is 0 Å². The normalized spacial score (nSPS) is 9.73. The molecule has 1 aromatic carbocycles. The summed E-state index contributed by atoms with van der Waals surface area (Å²) in [6.45, 7) is 0.489. The lowest BCUT2D eigenvalue weighted by Gasteiger charge is -2.03. The number of hydrogen-bond acceptors (Lipinski definition) is 2. The highest BCUT2D eigenvalue weighted by atomic mass is 35.5. The summed E-state index contributed by atoms with van der Waals surface area (Å²) in [6, 6.07) is 5.74. The molecule has 0 heterocycles. The third-order valence-electron chi connectivity index (χ3n) is 1.56. The molecule has 0 fully saturated rings. The Bertz CT molecular complexity index is 248. The summed E-state index contributed by atoms with van der Waals surface area (Å²) in [5.74, 6) is 0. The minimum atomic E-state index is 0.489. The lowest BCUT2D eigenvalue weighted by Crippen LogP contribution is -1.97. The van der Waals surface area contributed by atoms with Crippen LogP contribution in [0.5, 0.6) is 0 Å². The first-order valence-corrected chi connectivity index (χ1v) is 3.82. The Morgan fingerprint density at radius 1 is 1.55 bits per heavy atom. The van der Waals surface area contributed by atoms with Crippen molar-refractivity contribution in [1.82, 2.24) is 0 Å². The Balaban J connectivity index is 2.99. The molecule has 1 aromatic rings. The highest BCUT2D eigenvalue weighted by molar-refractivity contribution is 6.31. The Hall–Kier alpha value is -0.730. The first-order valence-electron chi connectivity index (χ1n) is 3.44. The molecule has 0 aliphatic heterocycles. The van der Waals surface area contributed by atoms with Crippen molar-refractivity contribution in [2.75, 3.05) is 12.4 Å². The number of nitrogens with two attached hydrogens (primary N) is 1. The van der Waals surface area contributed by atoms with Gasteiger partial charge in [-0.15, -0.1) is 0 Å². The summed E-state index contributed by atoms with van der Waals surface area (Å²) in [5.41, 5.74) is 7.42. The molecule has 0 aromatic heterocycles. The quantitative estimate of drug-likeness (QED) is 0.711. The number of halogens is 1. The van der Waals surface area contributed by atoms with Gasteiger partial charge in [-0.2, -0.15) is 0 Å². The first kappa shape index (κ1) is 8.37. The van der Waals surface area contributed by atoms with Crippen LogP contribution >= 0.6 is 11.6 Å². The van der Waals surface area contributed by atoms with Gasteiger partial charge in [0, 0.05) is 24.3 Å². The van der Waals surface area contributed by atoms with Crippen LogP contribution in [0.4, 0.5) is 5.69 Å². The van der Waals surface area contributed by atoms with E-state index in [1.54, 1.807) is 0 Å². The number of hydrogen-bond donors (Lipinski definition) is 2. The van der Waals surface area contributed by atoms with Crippen molar-refractivity contribution in [3.63, 3.8) is 0 Å². The van der Waals surface area contributed by atoms with Gasteiger partial charge < -0.3 is 11.1 Å². The summed E-state index contributed by atoms with van der Waals surface area (Å²) in [4.78, 5) is 0. The summed E-state index contributed by atoms with van der Waals surface area (Å²) in [7, 11) is 1.85. The number of anilines is 1. The fraction of sp³-hybridized carbons (Fsp3) is 0.250. The molecule has 2 nitrogen and oxygen atoms in total. The van der Waals surface area contributed by atoms with Crippen LogP contribution in [0.2, 0.25) is 5.02 Å². The van der Waals surface area contributed by atoms with Crippen LogP contribution in [0.25, 0.3) is 0 Å². The Morgan fingerprint density at radius 3 is 2.73 bits per heavy atom. The number of benzene rings is 1. The van der Waals surface area contributed by atoms with Gasteiger partial charge in [0.15, 0.2) is 0 Å². The van der Waals surface area contributed by atoms with Gasteiger partial charge in [0.1, 0.15) is 0 Å². The third kappa shape index (κ3) is 1.85. The standard InChI is InChI=1S/C8H11ClN2/c1-11-7-3-2-6(5-10)8(9)4-7/h2-4,11H,5,10H2,1H3. The van der Waals surface area contributed by atoms with Gasteiger partial charge in [0.2, 0.25) is 0 Å². The maximum atomic E-state index is 5.89. The molecular weight excluding hydrogens is 160 g/mol. The summed E-state index contributed by atoms with van der Waals surface area (Å²) in [6.07, 6.45) is 0. The highest BCUT2D eigenvalue weighted by Crippen LogP contribution is 2.19. The first-order chi connectivity index (χ1) is 5.27. The topological polar surface area (TPSA) is 38.0 Å². The van der Waals surface area contributed by atoms with E-state index >= 15 is 0 Å². The molecule has 0 bridgehead atoms. The molecule has 0 aliphatic rings. The Morgan fingerprint density at radius 2 is 2.27 bits per heavy atom. The average Bonchev–Trinajstić information content (AvgIpc) is 2.04. The van der Waals surface area contributed by atoms with E-state index in [9.17, 15) is 0 Å². The molecule has 3 heteroatoms. The molecular formula is C8H11ClN2. The zero-order valence-electron chi connectivity index (χ0n) is 6.39. The van der Waals surface area contributed by atoms with Crippen molar-refractivity contribution in [3.05, 3.63) is 28.8 Å². The van der Waals surface area contributed by atoms with Crippen molar-refractivity contribution >= 4 is 17.3 Å². The summed E-state index contributed by atoms with van der Waals surface area (Å²) in [5, 5.41) is 3.72. The van der Waals surface area contributed by atoms with Crippen LogP contribution in [0, 0.1) is 0 Å². The molecule has 0 aliphatic carbocycles. The average molecular weight is 171 g/mol. The van der Waals surface area contributed by atoms with E-state index < -0.39 is 0 Å². The Kier molecular flexibility index (Phi) is 2.74. The number of rotatable bonds is 2. The van der Waals surface area contributed by atoms with E-state index in [0.29, 0.717) is 6.54 Å². The fourth-order valence-corrected chi connectivity index (χ4v) is 1.13. The lowest BCUT2D eigenvalue weighted by atomic mass is 10.2. The molecule has 0 unspecified atom stereocenters. The molecule has 0 spiro atoms. The molecule has 0 radical (unpaired) electrons. The maximum Gasteiger partial charge on any atom is 0.0471 e. The molecule has 0 saturated carbocycles. The molecule has 60 valence electrons. The largest absolute Gasteiger partial charge is 0.388 e. The molecule has 0 atom stereocenters. The van der Waals surface area contributed by atoms with E-state index in [2.05, 4.69) is 5.32 Å². The predicted molar refractivity (Wildman–Crippen MR) is 48.9 cm³/mol. The molecule has 0 saturated heterocycles. The smallest absolute Gasteiger partial charge is 0.0471 e. The molecule has 1 rings (SSSR count). The van der Waals surface area contributed by atoms with Crippen LogP contribution in [0.15, 0.2) is 18.2 Å². The van der Waals surface area contributed by atoms with Gasteiger partial charge in [0.25, 0.3) is 0 Å². The van der Waals surface area contributed by atoms with Crippen molar-refractivity contribution < 1.29 is 0 Å². The second-order valence-corrected chi connectivity index (χ2v) is 2.67. The van der Waals surface area contributed by atoms with E-state index in [0.717, 1.165) is 16.3 Å². The highest BCUT2D eigenvalue weighted by Gasteiger charge is 1.97. The minimum absolute atomic E-state index is 0.489. The van der Waals surface area contributed by atoms with Crippen LogP contribution in [0.1, 0.15) is 5.56 Å². The van der Waals surface area contributed by atoms with Gasteiger partial charge in [-0.05, 0) is 17.7 Å². The fourth-order valence-electron chi connectivity index (χ4n) is 0.868. The van der Waals surface area contributed by atoms with E-state index in [1.165, 1.54) is 0 Å². The predicted octanol–water partition coefficient (Wildman–Crippen LogP) is 1.84. The van der Waals surface area contributed by atoms with E-state index in [-0.39, 0.29) is 0 Å². The van der Waals surface area contributed by atoms with Crippen molar-refractivity contribution in [1.29, 1.82) is 0 Å². The van der Waals surface area contributed by atoms with Crippen molar-refractivity contribution in [2.45, 2.75) is 6.54 Å². The lowest BCUT2D eigenvalue weighted by molar-refractivity contribution is 1.07. The van der Waals surface area contributed by atoms with Crippen LogP contribution < -0.4 is 11.1 Å². The molecule has 0 amide bonds. The minimum Gasteiger partial charge on any atom is -0.388 e. The third-order valence-corrected chi connectivity index (χ3v) is 1.91. The van der Waals surface area contributed by atoms with Crippen LogP contribution in [-0.4, -0.2) is 7.05 Å². The number of nitrogens with one attached hydrogen (secondary N) is 1. The summed E-state index contributed by atoms with van der Waals surface area (Å²) >= 11 is 5.89. The molecule has 3 N–H and O–H groups in total. The molecule has 11 heavy (non-hydrogen) atoms. The van der Waals surface area contributed by atoms with Crippen LogP contribution in [0.3, 0.4) is 0 Å². The second kappa shape index (κ2) is 3.60. The van der Waals surface area contributed by atoms with Crippen molar-refractivity contribution in [3.8, 4) is 0 Å². The second-order valence-electron chi connectivity index (χ2n) is 2.26. The zero-order chi connectivity index (χ0) is 8.27. The monoisotopic (exact) mass is 170 g/mol. The zero-order valence-corrected chi connectivity index (χ0v) is 7.15. The van der Waals surface area contributed by atoms with Gasteiger partial charge >= 0.3 is 0 Å². The SMILES string of the molecule is CNc1ccc(CN)c(Cl)c1. The van der Waals surface area contributed by atoms with Crippen LogP contribution in [-0.2, 0) is 6.54 Å². The van der Waals surface area contributed by atoms with Crippen molar-refractivity contribution in [2.24, 2.45) is 5.73 Å².